The van der Waals surface area contributed by atoms with Gasteiger partial charge in [-0.1, -0.05) is 13.8 Å². The highest BCUT2D eigenvalue weighted by atomic mass is 32.2. The topological polar surface area (TPSA) is 119 Å². The lowest BCUT2D eigenvalue weighted by molar-refractivity contribution is 0.0941. The molecule has 0 saturated carbocycles. The molecule has 0 saturated heterocycles. The Morgan fingerprint density at radius 2 is 1.81 bits per heavy atom. The molecule has 1 aliphatic carbocycles. The van der Waals surface area contributed by atoms with Crippen molar-refractivity contribution >= 4 is 43.8 Å². The molecule has 0 amide bonds. The Bertz CT molecular complexity index is 1560. The van der Waals surface area contributed by atoms with Gasteiger partial charge in [0.2, 0.25) is 0 Å². The fourth-order valence-electron chi connectivity index (χ4n) is 3.99. The minimum atomic E-state index is -3.77. The fourth-order valence-corrected chi connectivity index (χ4v) is 5.78. The Morgan fingerprint density at radius 3 is 2.47 bits per heavy atom. The predicted octanol–water partition coefficient (Wildman–Crippen LogP) is 5.51. The number of sulfonamides is 1. The normalized spacial score (nSPS) is 14.8. The average Bonchev–Trinajstić information content (AvgIpc) is 3.41. The monoisotopic (exact) mass is 524 g/mol. The summed E-state index contributed by atoms with van der Waals surface area (Å²) in [5.74, 6) is -0.793. The zero-order valence-corrected chi connectivity index (χ0v) is 21.0. The van der Waals surface area contributed by atoms with Gasteiger partial charge in [-0.05, 0) is 66.8 Å². The Kier molecular flexibility index (Phi) is 6.00. The highest BCUT2D eigenvalue weighted by Crippen LogP contribution is 2.41. The number of aromatic nitrogens is 3. The number of thiazole rings is 1. The largest absolute Gasteiger partial charge is 0.278 e. The third-order valence-electron chi connectivity index (χ3n) is 5.67. The van der Waals surface area contributed by atoms with Crippen LogP contribution in [0, 0.1) is 11.2 Å². The smallest absolute Gasteiger partial charge is 0.267 e. The zero-order valence-electron chi connectivity index (χ0n) is 19.3. The first-order chi connectivity index (χ1) is 17.1. The lowest BCUT2D eigenvalue weighted by atomic mass is 9.79. The van der Waals surface area contributed by atoms with Crippen LogP contribution in [-0.2, 0) is 22.9 Å². The van der Waals surface area contributed by atoms with E-state index in [2.05, 4.69) is 38.9 Å². The molecule has 2 bridgehead atoms. The molecule has 9 nitrogen and oxygen atoms in total. The van der Waals surface area contributed by atoms with Crippen molar-refractivity contribution < 1.29 is 17.6 Å². The van der Waals surface area contributed by atoms with Crippen molar-refractivity contribution in [3.05, 3.63) is 82.9 Å². The molecular weight excluding hydrogens is 503 g/mol. The third-order valence-corrected chi connectivity index (χ3v) is 7.84. The van der Waals surface area contributed by atoms with Crippen molar-refractivity contribution in [3.8, 4) is 0 Å². The number of halogens is 1. The maximum atomic E-state index is 13.3. The van der Waals surface area contributed by atoms with E-state index < -0.39 is 15.8 Å². The highest BCUT2D eigenvalue weighted by Gasteiger charge is 2.35. The molecule has 0 atom stereocenters. The summed E-state index contributed by atoms with van der Waals surface area (Å²) in [6.07, 6.45) is 2.68. The number of hydrogen-bond acceptors (Lipinski definition) is 8. The summed E-state index contributed by atoms with van der Waals surface area (Å²) in [5, 5.41) is 15.1. The van der Waals surface area contributed by atoms with Crippen molar-refractivity contribution in [1.82, 2.24) is 14.8 Å². The van der Waals surface area contributed by atoms with Crippen LogP contribution < -0.4 is 4.72 Å². The van der Waals surface area contributed by atoms with E-state index in [1.54, 1.807) is 17.5 Å². The van der Waals surface area contributed by atoms with Crippen LogP contribution in [0.15, 0.2) is 75.2 Å². The maximum absolute atomic E-state index is 13.3. The number of azo groups is 1. The summed E-state index contributed by atoms with van der Waals surface area (Å²) in [6, 6.07) is 11.3. The number of carbonyl (C=O) groups is 1. The van der Waals surface area contributed by atoms with Crippen LogP contribution in [0.25, 0.3) is 0 Å². The fraction of sp³-hybridized carbons (Fsp3) is 0.208. The highest BCUT2D eigenvalue weighted by molar-refractivity contribution is 7.93. The van der Waals surface area contributed by atoms with E-state index in [9.17, 15) is 17.6 Å². The number of benzene rings is 2. The molecule has 2 heterocycles. The Hall–Kier alpha value is -3.77. The molecule has 0 radical (unpaired) electrons. The van der Waals surface area contributed by atoms with Crippen LogP contribution >= 0.6 is 11.3 Å². The van der Waals surface area contributed by atoms with Gasteiger partial charge in [0.15, 0.2) is 5.13 Å². The zero-order chi connectivity index (χ0) is 25.5. The van der Waals surface area contributed by atoms with Crippen molar-refractivity contribution in [2.24, 2.45) is 15.6 Å². The molecule has 1 aliphatic rings. The van der Waals surface area contributed by atoms with E-state index in [0.29, 0.717) is 41.2 Å². The van der Waals surface area contributed by atoms with Crippen LogP contribution in [0.3, 0.4) is 0 Å². The molecule has 184 valence electrons. The summed E-state index contributed by atoms with van der Waals surface area (Å²) in [5.41, 5.74) is 2.44. The van der Waals surface area contributed by atoms with Gasteiger partial charge in [-0.25, -0.2) is 17.8 Å². The van der Waals surface area contributed by atoms with Gasteiger partial charge in [0.25, 0.3) is 15.9 Å². The van der Waals surface area contributed by atoms with E-state index in [1.165, 1.54) is 58.6 Å². The molecule has 2 aromatic heterocycles. The van der Waals surface area contributed by atoms with E-state index in [-0.39, 0.29) is 21.3 Å². The number of anilines is 1. The lowest BCUT2D eigenvalue weighted by Crippen LogP contribution is -2.23. The van der Waals surface area contributed by atoms with Gasteiger partial charge in [0.05, 0.1) is 22.0 Å². The SMILES string of the molecule is CC1(C)Cc2nn(C(=O)c3ccc(F)cc3)c(c2N=Nc2ccc(S(=O)(=O)Nc3nccs3)cc2)C1. The molecule has 4 aromatic rings. The molecule has 0 spiro atoms. The van der Waals surface area contributed by atoms with Gasteiger partial charge in [-0.3, -0.25) is 9.52 Å². The first kappa shape index (κ1) is 23.9. The van der Waals surface area contributed by atoms with E-state index >= 15 is 0 Å². The second kappa shape index (κ2) is 9.03. The summed E-state index contributed by atoms with van der Waals surface area (Å²) < 4.78 is 42.1. The summed E-state index contributed by atoms with van der Waals surface area (Å²) in [4.78, 5) is 17.1. The van der Waals surface area contributed by atoms with Crippen molar-refractivity contribution in [2.75, 3.05) is 4.72 Å². The van der Waals surface area contributed by atoms with Crippen LogP contribution in [0.5, 0.6) is 0 Å². The molecule has 36 heavy (non-hydrogen) atoms. The standard InChI is InChI=1S/C24H21FN6O3S2/c1-24(2)13-19-21(20(14-24)31(29-19)22(32)15-3-5-16(25)6-4-15)28-27-17-7-9-18(10-8-17)36(33,34)30-23-26-11-12-35-23/h3-12H,13-14H2,1-2H3,(H,26,30). The van der Waals surface area contributed by atoms with Crippen LogP contribution in [0.4, 0.5) is 20.9 Å². The van der Waals surface area contributed by atoms with Gasteiger partial charge < -0.3 is 0 Å². The summed E-state index contributed by atoms with van der Waals surface area (Å²) >= 11 is 1.18. The maximum Gasteiger partial charge on any atom is 0.278 e. The van der Waals surface area contributed by atoms with Crippen LogP contribution in [0.2, 0.25) is 0 Å². The van der Waals surface area contributed by atoms with Gasteiger partial charge in [-0.15, -0.1) is 16.5 Å². The van der Waals surface area contributed by atoms with Gasteiger partial charge in [-0.2, -0.15) is 14.9 Å². The molecule has 0 unspecified atom stereocenters. The van der Waals surface area contributed by atoms with Gasteiger partial charge in [0, 0.05) is 17.1 Å². The average molecular weight is 525 g/mol. The van der Waals surface area contributed by atoms with Crippen LogP contribution in [0.1, 0.15) is 35.6 Å². The van der Waals surface area contributed by atoms with Crippen LogP contribution in [-0.4, -0.2) is 29.1 Å². The third kappa shape index (κ3) is 4.82. The number of fused-ring (bicyclic) bond motifs is 2. The van der Waals surface area contributed by atoms with E-state index in [1.807, 2.05) is 0 Å². The molecule has 0 aliphatic heterocycles. The Balaban J connectivity index is 1.42. The number of carbonyl (C=O) groups excluding carboxylic acids is 1. The summed E-state index contributed by atoms with van der Waals surface area (Å²) in [7, 11) is -3.77. The van der Waals surface area contributed by atoms with Crippen molar-refractivity contribution in [3.63, 3.8) is 0 Å². The minimum Gasteiger partial charge on any atom is -0.267 e. The quantitative estimate of drug-likeness (QED) is 0.334. The number of nitrogens with zero attached hydrogens (tertiary/aromatic N) is 5. The molecule has 5 rings (SSSR count). The van der Waals surface area contributed by atoms with Gasteiger partial charge in [0.1, 0.15) is 11.5 Å². The predicted molar refractivity (Wildman–Crippen MR) is 133 cm³/mol. The second-order valence-electron chi connectivity index (χ2n) is 9.12. The Labute approximate surface area is 210 Å². The minimum absolute atomic E-state index is 0.0682. The molecule has 2 aromatic carbocycles. The Morgan fingerprint density at radius 1 is 1.08 bits per heavy atom. The molecule has 1 N–H and O–H groups in total. The lowest BCUT2D eigenvalue weighted by Gasteiger charge is -2.26. The van der Waals surface area contributed by atoms with Crippen molar-refractivity contribution in [2.45, 2.75) is 31.6 Å². The van der Waals surface area contributed by atoms with E-state index in [4.69, 9.17) is 0 Å². The second-order valence-corrected chi connectivity index (χ2v) is 11.7. The number of nitrogens with one attached hydrogen (secondary N) is 1. The molecule has 12 heteroatoms. The van der Waals surface area contributed by atoms with Gasteiger partial charge >= 0.3 is 0 Å². The number of hydrogen-bond donors (Lipinski definition) is 1. The first-order valence-electron chi connectivity index (χ1n) is 11.0. The van der Waals surface area contributed by atoms with Crippen molar-refractivity contribution in [1.29, 1.82) is 0 Å². The molecule has 0 fully saturated rings. The number of rotatable bonds is 6. The van der Waals surface area contributed by atoms with E-state index in [0.717, 1.165) is 0 Å². The summed E-state index contributed by atoms with van der Waals surface area (Å²) in [6.45, 7) is 4.17. The molecular formula is C24H21FN6O3S2. The first-order valence-corrected chi connectivity index (χ1v) is 13.3.